The third kappa shape index (κ3) is 5.57. The molecule has 2 atom stereocenters. The van der Waals surface area contributed by atoms with E-state index in [4.69, 9.17) is 4.74 Å². The number of carbonyl (C=O) groups excluding carboxylic acids is 1. The number of nitrogens with zero attached hydrogens (tertiary/aromatic N) is 1. The number of alkyl carbamates (subject to hydrolysis) is 1. The summed E-state index contributed by atoms with van der Waals surface area (Å²) in [4.78, 5) is 14.9. The van der Waals surface area contributed by atoms with Crippen molar-refractivity contribution in [2.45, 2.75) is 51.9 Å². The highest BCUT2D eigenvalue weighted by molar-refractivity contribution is 5.67. The Hall–Kier alpha value is -1.73. The third-order valence-electron chi connectivity index (χ3n) is 2.98. The standard InChI is InChI=1S/C15H23FN2O4/c1-9-10(5-7-17-13(9)16)12(20)11(19)6-8-18-14(21)22-15(2,3)4/h5,7,11-12,19-20H,6,8H2,1-4H3,(H,18,21). The number of aliphatic hydroxyl groups is 2. The summed E-state index contributed by atoms with van der Waals surface area (Å²) >= 11 is 0. The Morgan fingerprint density at radius 2 is 2.09 bits per heavy atom. The minimum Gasteiger partial charge on any atom is -0.444 e. The lowest BCUT2D eigenvalue weighted by atomic mass is 9.99. The van der Waals surface area contributed by atoms with Crippen LogP contribution in [0, 0.1) is 12.9 Å². The smallest absolute Gasteiger partial charge is 0.407 e. The van der Waals surface area contributed by atoms with Crippen LogP contribution in [-0.2, 0) is 4.74 Å². The van der Waals surface area contributed by atoms with Crippen LogP contribution in [0.5, 0.6) is 0 Å². The summed E-state index contributed by atoms with van der Waals surface area (Å²) in [5, 5.41) is 22.5. The number of hydrogen-bond acceptors (Lipinski definition) is 5. The molecule has 6 nitrogen and oxygen atoms in total. The fraction of sp³-hybridized carbons (Fsp3) is 0.600. The summed E-state index contributed by atoms with van der Waals surface area (Å²) in [6.45, 7) is 6.83. The second kappa shape index (κ2) is 7.51. The quantitative estimate of drug-likeness (QED) is 0.721. The Balaban J connectivity index is 2.50. The van der Waals surface area contributed by atoms with Gasteiger partial charge in [-0.1, -0.05) is 0 Å². The molecule has 0 saturated heterocycles. The molecule has 0 saturated carbocycles. The van der Waals surface area contributed by atoms with E-state index in [1.54, 1.807) is 20.8 Å². The molecular formula is C15H23FN2O4. The van der Waals surface area contributed by atoms with E-state index in [1.165, 1.54) is 19.2 Å². The Morgan fingerprint density at radius 3 is 2.68 bits per heavy atom. The minimum absolute atomic E-state index is 0.101. The molecule has 2 unspecified atom stereocenters. The van der Waals surface area contributed by atoms with Crippen molar-refractivity contribution in [3.05, 3.63) is 29.3 Å². The zero-order valence-electron chi connectivity index (χ0n) is 13.3. The van der Waals surface area contributed by atoms with Crippen LogP contribution in [-0.4, -0.2) is 39.5 Å². The Bertz CT molecular complexity index is 517. The molecule has 1 heterocycles. The second-order valence-corrected chi connectivity index (χ2v) is 6.05. The van der Waals surface area contributed by atoms with Crippen molar-refractivity contribution in [3.63, 3.8) is 0 Å². The second-order valence-electron chi connectivity index (χ2n) is 6.05. The number of pyridine rings is 1. The van der Waals surface area contributed by atoms with Crippen LogP contribution in [0.2, 0.25) is 0 Å². The zero-order chi connectivity index (χ0) is 16.9. The van der Waals surface area contributed by atoms with Gasteiger partial charge in [0.25, 0.3) is 0 Å². The highest BCUT2D eigenvalue weighted by Crippen LogP contribution is 2.22. The molecule has 124 valence electrons. The number of nitrogens with one attached hydrogen (secondary N) is 1. The van der Waals surface area contributed by atoms with E-state index in [0.717, 1.165) is 0 Å². The lowest BCUT2D eigenvalue weighted by Gasteiger charge is -2.22. The highest BCUT2D eigenvalue weighted by Gasteiger charge is 2.22. The first-order valence-electron chi connectivity index (χ1n) is 7.06. The molecule has 1 aromatic heterocycles. The fourth-order valence-corrected chi connectivity index (χ4v) is 1.85. The lowest BCUT2D eigenvalue weighted by molar-refractivity contribution is 0.0117. The van der Waals surface area contributed by atoms with Crippen LogP contribution in [0.3, 0.4) is 0 Å². The van der Waals surface area contributed by atoms with Crippen molar-refractivity contribution in [3.8, 4) is 0 Å². The summed E-state index contributed by atoms with van der Waals surface area (Å²) in [6.07, 6.45) is -1.66. The molecule has 1 rings (SSSR count). The maximum Gasteiger partial charge on any atom is 0.407 e. The van der Waals surface area contributed by atoms with Crippen LogP contribution < -0.4 is 5.32 Å². The molecule has 0 aliphatic carbocycles. The van der Waals surface area contributed by atoms with Gasteiger partial charge in [0.2, 0.25) is 5.95 Å². The maximum absolute atomic E-state index is 13.3. The van der Waals surface area contributed by atoms with Gasteiger partial charge in [0.05, 0.1) is 6.10 Å². The van der Waals surface area contributed by atoms with Crippen molar-refractivity contribution in [1.82, 2.24) is 10.3 Å². The van der Waals surface area contributed by atoms with Crippen LogP contribution in [0.4, 0.5) is 9.18 Å². The molecule has 0 aliphatic heterocycles. The zero-order valence-corrected chi connectivity index (χ0v) is 13.3. The SMILES string of the molecule is Cc1c(C(O)C(O)CCNC(=O)OC(C)(C)C)ccnc1F. The Morgan fingerprint density at radius 1 is 1.45 bits per heavy atom. The van der Waals surface area contributed by atoms with Gasteiger partial charge in [0.1, 0.15) is 11.7 Å². The van der Waals surface area contributed by atoms with Crippen molar-refractivity contribution in [1.29, 1.82) is 0 Å². The van der Waals surface area contributed by atoms with Gasteiger partial charge >= 0.3 is 6.09 Å². The molecule has 0 aromatic carbocycles. The molecule has 0 bridgehead atoms. The van der Waals surface area contributed by atoms with Crippen LogP contribution in [0.25, 0.3) is 0 Å². The van der Waals surface area contributed by atoms with E-state index in [2.05, 4.69) is 10.3 Å². The number of rotatable bonds is 5. The van der Waals surface area contributed by atoms with Gasteiger partial charge in [-0.2, -0.15) is 4.39 Å². The maximum atomic E-state index is 13.3. The summed E-state index contributed by atoms with van der Waals surface area (Å²) in [6, 6.07) is 1.45. The number of amides is 1. The number of carbonyl (C=O) groups is 1. The predicted molar refractivity (Wildman–Crippen MR) is 78.8 cm³/mol. The summed E-state index contributed by atoms with van der Waals surface area (Å²) in [5.74, 6) is -0.685. The average molecular weight is 314 g/mol. The topological polar surface area (TPSA) is 91.7 Å². The monoisotopic (exact) mass is 314 g/mol. The Kier molecular flexibility index (Phi) is 6.25. The van der Waals surface area contributed by atoms with E-state index in [-0.39, 0.29) is 24.1 Å². The number of halogens is 1. The van der Waals surface area contributed by atoms with Gasteiger partial charge in [-0.05, 0) is 45.7 Å². The van der Waals surface area contributed by atoms with Gasteiger partial charge in [-0.15, -0.1) is 0 Å². The van der Waals surface area contributed by atoms with E-state index >= 15 is 0 Å². The van der Waals surface area contributed by atoms with Gasteiger partial charge in [-0.3, -0.25) is 0 Å². The first kappa shape index (κ1) is 18.3. The average Bonchev–Trinajstić information content (AvgIpc) is 2.39. The molecule has 3 N–H and O–H groups in total. The number of aliphatic hydroxyl groups excluding tert-OH is 2. The fourth-order valence-electron chi connectivity index (χ4n) is 1.85. The van der Waals surface area contributed by atoms with Gasteiger partial charge in [0, 0.05) is 18.3 Å². The van der Waals surface area contributed by atoms with Crippen LogP contribution in [0.1, 0.15) is 44.4 Å². The molecule has 1 amide bonds. The van der Waals surface area contributed by atoms with Crippen molar-refractivity contribution >= 4 is 6.09 Å². The third-order valence-corrected chi connectivity index (χ3v) is 2.98. The van der Waals surface area contributed by atoms with Crippen molar-refractivity contribution in [2.75, 3.05) is 6.54 Å². The normalized spacial score (nSPS) is 14.3. The van der Waals surface area contributed by atoms with E-state index in [1.807, 2.05) is 0 Å². The molecular weight excluding hydrogens is 291 g/mol. The van der Waals surface area contributed by atoms with Gasteiger partial charge < -0.3 is 20.3 Å². The number of aromatic nitrogens is 1. The van der Waals surface area contributed by atoms with Gasteiger partial charge in [-0.25, -0.2) is 9.78 Å². The molecule has 0 aliphatic rings. The first-order valence-corrected chi connectivity index (χ1v) is 7.06. The van der Waals surface area contributed by atoms with Crippen molar-refractivity contribution < 1.29 is 24.1 Å². The first-order chi connectivity index (χ1) is 10.1. The van der Waals surface area contributed by atoms with Crippen molar-refractivity contribution in [2.24, 2.45) is 0 Å². The van der Waals surface area contributed by atoms with Crippen LogP contribution in [0.15, 0.2) is 12.3 Å². The molecule has 0 spiro atoms. The number of hydrogen-bond donors (Lipinski definition) is 3. The lowest BCUT2D eigenvalue weighted by Crippen LogP contribution is -2.34. The van der Waals surface area contributed by atoms with E-state index in [9.17, 15) is 19.4 Å². The predicted octanol–water partition coefficient (Wildman–Crippen LogP) is 1.84. The summed E-state index contributed by atoms with van der Waals surface area (Å²) < 4.78 is 18.4. The molecule has 0 radical (unpaired) electrons. The van der Waals surface area contributed by atoms with Gasteiger partial charge in [0.15, 0.2) is 0 Å². The molecule has 7 heteroatoms. The summed E-state index contributed by atoms with van der Waals surface area (Å²) in [7, 11) is 0. The van der Waals surface area contributed by atoms with E-state index < -0.39 is 29.8 Å². The molecule has 0 fully saturated rings. The highest BCUT2D eigenvalue weighted by atomic mass is 19.1. The largest absolute Gasteiger partial charge is 0.444 e. The number of ether oxygens (including phenoxy) is 1. The Labute approximate surface area is 129 Å². The van der Waals surface area contributed by atoms with E-state index in [0.29, 0.717) is 0 Å². The van der Waals surface area contributed by atoms with Crippen LogP contribution >= 0.6 is 0 Å². The summed E-state index contributed by atoms with van der Waals surface area (Å²) in [5.41, 5.74) is -0.139. The molecule has 22 heavy (non-hydrogen) atoms. The molecule has 1 aromatic rings. The minimum atomic E-state index is -1.25.